The molecular weight excluding hydrogens is 264 g/mol. The molecule has 0 saturated heterocycles. The maximum atomic E-state index is 6.14. The summed E-state index contributed by atoms with van der Waals surface area (Å²) >= 11 is 0. The van der Waals surface area contributed by atoms with Crippen molar-refractivity contribution in [1.29, 1.82) is 0 Å². The molecule has 5 heteroatoms. The maximum absolute atomic E-state index is 6.14. The largest absolute Gasteiger partial charge is 0.476 e. The number of nitrogens with two attached hydrogens (primary N) is 1. The van der Waals surface area contributed by atoms with E-state index in [0.29, 0.717) is 24.0 Å². The van der Waals surface area contributed by atoms with Crippen LogP contribution >= 0.6 is 0 Å². The molecule has 0 bridgehead atoms. The number of hydrogen-bond donors (Lipinski definition) is 2. The summed E-state index contributed by atoms with van der Waals surface area (Å²) in [5.74, 6) is 2.24. The summed E-state index contributed by atoms with van der Waals surface area (Å²) in [6.45, 7) is 9.98. The topological polar surface area (TPSA) is 73.1 Å². The van der Waals surface area contributed by atoms with Crippen LogP contribution in [-0.2, 0) is 0 Å². The molecule has 1 rings (SSSR count). The zero-order valence-corrected chi connectivity index (χ0v) is 13.9. The Balaban J connectivity index is 2.83. The Bertz CT molecular complexity index is 421. The van der Waals surface area contributed by atoms with Gasteiger partial charge in [-0.1, -0.05) is 47.0 Å². The molecule has 0 saturated carbocycles. The molecule has 0 radical (unpaired) electrons. The van der Waals surface area contributed by atoms with Crippen molar-refractivity contribution >= 4 is 11.5 Å². The third kappa shape index (κ3) is 5.78. The highest BCUT2D eigenvalue weighted by atomic mass is 16.5. The third-order valence-corrected chi connectivity index (χ3v) is 3.25. The van der Waals surface area contributed by atoms with Crippen molar-refractivity contribution in [2.24, 2.45) is 0 Å². The monoisotopic (exact) mass is 294 g/mol. The number of nitrogen functional groups attached to an aromatic ring is 1. The van der Waals surface area contributed by atoms with E-state index in [1.807, 2.05) is 0 Å². The van der Waals surface area contributed by atoms with Crippen molar-refractivity contribution < 1.29 is 4.74 Å². The number of anilines is 2. The van der Waals surface area contributed by atoms with Crippen molar-refractivity contribution in [2.45, 2.75) is 65.7 Å². The van der Waals surface area contributed by atoms with E-state index in [9.17, 15) is 0 Å². The Morgan fingerprint density at radius 1 is 1.10 bits per heavy atom. The summed E-state index contributed by atoms with van der Waals surface area (Å²) < 4.78 is 5.72. The molecule has 0 aliphatic rings. The van der Waals surface area contributed by atoms with E-state index in [1.54, 1.807) is 0 Å². The number of ether oxygens (including phenoxy) is 1. The first-order valence-corrected chi connectivity index (χ1v) is 8.14. The Hall–Kier alpha value is -1.52. The fourth-order valence-electron chi connectivity index (χ4n) is 1.86. The van der Waals surface area contributed by atoms with Crippen LogP contribution in [0.2, 0.25) is 0 Å². The van der Waals surface area contributed by atoms with Gasteiger partial charge in [0.1, 0.15) is 11.5 Å². The lowest BCUT2D eigenvalue weighted by Gasteiger charge is -2.15. The Morgan fingerprint density at radius 2 is 1.81 bits per heavy atom. The molecule has 0 spiro atoms. The van der Waals surface area contributed by atoms with Crippen LogP contribution < -0.4 is 15.8 Å². The number of aromatic nitrogens is 2. The zero-order valence-electron chi connectivity index (χ0n) is 13.9. The van der Waals surface area contributed by atoms with Crippen LogP contribution in [0.4, 0.5) is 11.5 Å². The maximum Gasteiger partial charge on any atom is 0.242 e. The summed E-state index contributed by atoms with van der Waals surface area (Å²) in [6.07, 6.45) is 5.60. The first kappa shape index (κ1) is 17.5. The van der Waals surface area contributed by atoms with Crippen molar-refractivity contribution in [3.63, 3.8) is 0 Å². The van der Waals surface area contributed by atoms with Gasteiger partial charge < -0.3 is 15.8 Å². The van der Waals surface area contributed by atoms with Gasteiger partial charge in [0.05, 0.1) is 6.61 Å². The third-order valence-electron chi connectivity index (χ3n) is 3.25. The Morgan fingerprint density at radius 3 is 2.43 bits per heavy atom. The van der Waals surface area contributed by atoms with Crippen molar-refractivity contribution in [2.75, 3.05) is 24.2 Å². The van der Waals surface area contributed by atoms with Crippen LogP contribution in [-0.4, -0.2) is 23.1 Å². The van der Waals surface area contributed by atoms with Gasteiger partial charge in [-0.05, 0) is 12.8 Å². The normalized spacial score (nSPS) is 10.9. The van der Waals surface area contributed by atoms with Crippen molar-refractivity contribution in [3.8, 4) is 5.88 Å². The second-order valence-electron chi connectivity index (χ2n) is 5.64. The minimum Gasteiger partial charge on any atom is -0.476 e. The lowest BCUT2D eigenvalue weighted by molar-refractivity contribution is 0.298. The molecule has 1 aromatic heterocycles. The minimum absolute atomic E-state index is 0.246. The van der Waals surface area contributed by atoms with Gasteiger partial charge in [-0.2, -0.15) is 4.98 Å². The van der Waals surface area contributed by atoms with E-state index >= 15 is 0 Å². The molecule has 0 aromatic carbocycles. The molecule has 0 atom stereocenters. The van der Waals surface area contributed by atoms with Crippen LogP contribution in [0.15, 0.2) is 0 Å². The summed E-state index contributed by atoms with van der Waals surface area (Å²) in [7, 11) is 0. The predicted octanol–water partition coefficient (Wildman–Crippen LogP) is 3.96. The molecule has 0 aliphatic heterocycles. The summed E-state index contributed by atoms with van der Waals surface area (Å²) in [6, 6.07) is 0. The van der Waals surface area contributed by atoms with Crippen LogP contribution in [0.3, 0.4) is 0 Å². The summed E-state index contributed by atoms with van der Waals surface area (Å²) in [4.78, 5) is 8.98. The zero-order chi connectivity index (χ0) is 15.7. The van der Waals surface area contributed by atoms with Crippen LogP contribution in [0.1, 0.15) is 71.5 Å². The van der Waals surface area contributed by atoms with Gasteiger partial charge in [-0.15, -0.1) is 0 Å². The van der Waals surface area contributed by atoms with Gasteiger partial charge in [0.2, 0.25) is 5.88 Å². The first-order chi connectivity index (χ1) is 10.1. The average Bonchev–Trinajstić information content (AvgIpc) is 2.46. The fraction of sp³-hybridized carbons (Fsp3) is 0.750. The van der Waals surface area contributed by atoms with Crippen molar-refractivity contribution in [3.05, 3.63) is 5.82 Å². The SMILES string of the molecule is CCCCCNc1nc(C(C)C)nc(OCCCC)c1N. The number of nitrogens with zero attached hydrogens (tertiary/aromatic N) is 2. The molecule has 120 valence electrons. The van der Waals surface area contributed by atoms with E-state index in [0.717, 1.165) is 31.6 Å². The highest BCUT2D eigenvalue weighted by Crippen LogP contribution is 2.28. The molecule has 0 amide bonds. The highest BCUT2D eigenvalue weighted by Gasteiger charge is 2.14. The Labute approximate surface area is 128 Å². The van der Waals surface area contributed by atoms with E-state index in [-0.39, 0.29) is 5.92 Å². The molecule has 5 nitrogen and oxygen atoms in total. The van der Waals surface area contributed by atoms with Gasteiger partial charge in [0.15, 0.2) is 5.82 Å². The molecule has 0 aliphatic carbocycles. The number of hydrogen-bond acceptors (Lipinski definition) is 5. The summed E-state index contributed by atoms with van der Waals surface area (Å²) in [5, 5.41) is 3.32. The number of unbranched alkanes of at least 4 members (excludes halogenated alkanes) is 3. The molecule has 1 heterocycles. The molecule has 0 fully saturated rings. The van der Waals surface area contributed by atoms with Gasteiger partial charge >= 0.3 is 0 Å². The van der Waals surface area contributed by atoms with Gasteiger partial charge in [-0.3, -0.25) is 0 Å². The Kier molecular flexibility index (Phi) is 7.87. The second-order valence-corrected chi connectivity index (χ2v) is 5.64. The van der Waals surface area contributed by atoms with E-state index < -0.39 is 0 Å². The second kappa shape index (κ2) is 9.42. The first-order valence-electron chi connectivity index (χ1n) is 8.14. The summed E-state index contributed by atoms with van der Waals surface area (Å²) in [5.41, 5.74) is 6.66. The highest BCUT2D eigenvalue weighted by molar-refractivity contribution is 5.67. The van der Waals surface area contributed by atoms with Crippen LogP contribution in [0, 0.1) is 0 Å². The van der Waals surface area contributed by atoms with E-state index in [2.05, 4.69) is 43.0 Å². The van der Waals surface area contributed by atoms with Crippen LogP contribution in [0.25, 0.3) is 0 Å². The van der Waals surface area contributed by atoms with Crippen molar-refractivity contribution in [1.82, 2.24) is 9.97 Å². The molecule has 1 aromatic rings. The standard InChI is InChI=1S/C16H30N4O/c1-5-7-9-10-18-15-13(17)16(21-11-8-6-2)20-14(19-15)12(3)4/h12H,5-11,17H2,1-4H3,(H,18,19,20). The molecule has 3 N–H and O–H groups in total. The van der Waals surface area contributed by atoms with E-state index in [1.165, 1.54) is 12.8 Å². The number of nitrogens with one attached hydrogen (secondary N) is 1. The molecule has 0 unspecified atom stereocenters. The lowest BCUT2D eigenvalue weighted by Crippen LogP contribution is -2.12. The average molecular weight is 294 g/mol. The fourth-order valence-corrected chi connectivity index (χ4v) is 1.86. The molecular formula is C16H30N4O. The smallest absolute Gasteiger partial charge is 0.242 e. The predicted molar refractivity (Wildman–Crippen MR) is 89.0 cm³/mol. The quantitative estimate of drug-likeness (QED) is 0.639. The molecule has 21 heavy (non-hydrogen) atoms. The van der Waals surface area contributed by atoms with E-state index in [4.69, 9.17) is 10.5 Å². The van der Waals surface area contributed by atoms with Crippen LogP contribution in [0.5, 0.6) is 5.88 Å². The van der Waals surface area contributed by atoms with Gasteiger partial charge in [0, 0.05) is 12.5 Å². The minimum atomic E-state index is 0.246. The van der Waals surface area contributed by atoms with Gasteiger partial charge in [0.25, 0.3) is 0 Å². The number of rotatable bonds is 10. The lowest BCUT2D eigenvalue weighted by atomic mass is 10.2. The van der Waals surface area contributed by atoms with Gasteiger partial charge in [-0.25, -0.2) is 4.98 Å².